The second-order valence-corrected chi connectivity index (χ2v) is 7.49. The molecule has 3 rings (SSSR count). The van der Waals surface area contributed by atoms with Crippen molar-refractivity contribution in [1.82, 2.24) is 15.0 Å². The molecule has 10 nitrogen and oxygen atoms in total. The van der Waals surface area contributed by atoms with E-state index >= 15 is 0 Å². The van der Waals surface area contributed by atoms with Crippen molar-refractivity contribution in [3.63, 3.8) is 0 Å². The van der Waals surface area contributed by atoms with Gasteiger partial charge in [-0.25, -0.2) is 5.01 Å². The molecule has 0 atom stereocenters. The Labute approximate surface area is 158 Å². The minimum atomic E-state index is -0.483. The van der Waals surface area contributed by atoms with Crippen LogP contribution in [0.4, 0.5) is 16.9 Å². The normalized spacial score (nSPS) is 16.1. The number of nitriles is 1. The van der Waals surface area contributed by atoms with Crippen LogP contribution in [-0.2, 0) is 0 Å². The van der Waals surface area contributed by atoms with Crippen LogP contribution >= 0.6 is 11.3 Å². The predicted molar refractivity (Wildman–Crippen MR) is 103 cm³/mol. The summed E-state index contributed by atoms with van der Waals surface area (Å²) >= 11 is 0.975. The van der Waals surface area contributed by atoms with Crippen molar-refractivity contribution in [2.24, 2.45) is 5.10 Å². The lowest BCUT2D eigenvalue weighted by molar-refractivity contribution is -0.380. The molecule has 2 aromatic rings. The van der Waals surface area contributed by atoms with Crippen LogP contribution in [0.1, 0.15) is 38.6 Å². The van der Waals surface area contributed by atoms with E-state index in [2.05, 4.69) is 20.1 Å². The Morgan fingerprint density at radius 1 is 1.48 bits per heavy atom. The molecular weight excluding hydrogens is 368 g/mol. The van der Waals surface area contributed by atoms with Gasteiger partial charge in [0, 0.05) is 23.6 Å². The molecular formula is C16H16N8O2S. The Balaban J connectivity index is 2.03. The smallest absolute Gasteiger partial charge is 0.324 e. The molecule has 27 heavy (non-hydrogen) atoms. The van der Waals surface area contributed by atoms with Crippen molar-refractivity contribution >= 4 is 45.6 Å². The van der Waals surface area contributed by atoms with Gasteiger partial charge in [-0.3, -0.25) is 10.1 Å². The van der Waals surface area contributed by atoms with E-state index in [0.717, 1.165) is 23.5 Å². The first-order valence-electron chi connectivity index (χ1n) is 7.90. The van der Waals surface area contributed by atoms with E-state index in [4.69, 9.17) is 5.73 Å². The zero-order chi connectivity index (χ0) is 19.8. The Hall–Kier alpha value is -3.39. The lowest BCUT2D eigenvalue weighted by Gasteiger charge is -2.28. The molecule has 1 aliphatic rings. The number of anilines is 2. The summed E-state index contributed by atoms with van der Waals surface area (Å²) in [6, 6.07) is 3.39. The highest BCUT2D eigenvalue weighted by Crippen LogP contribution is 2.31. The van der Waals surface area contributed by atoms with Gasteiger partial charge in [0.05, 0.1) is 16.0 Å². The molecule has 0 bridgehead atoms. The monoisotopic (exact) mass is 384 g/mol. The topological polar surface area (TPSA) is 147 Å². The first-order valence-corrected chi connectivity index (χ1v) is 8.78. The standard InChI is InChI=1S/C16H16N8O2S/c1-9-6-16(2,3)23(22-9)15-20-13(19-14(18)21-15)11(7-17)4-10-5-12(24(25)26)27-8-10/h4-5,8H,6H2,1-3H3,(H2,18,19,20,21)/b11-4-. The molecule has 0 saturated carbocycles. The van der Waals surface area contributed by atoms with Gasteiger partial charge in [0.2, 0.25) is 5.95 Å². The van der Waals surface area contributed by atoms with Gasteiger partial charge < -0.3 is 5.73 Å². The molecule has 0 saturated heterocycles. The summed E-state index contributed by atoms with van der Waals surface area (Å²) in [5, 5.41) is 28.0. The highest BCUT2D eigenvalue weighted by atomic mass is 32.1. The zero-order valence-corrected chi connectivity index (χ0v) is 15.7. The van der Waals surface area contributed by atoms with E-state index in [-0.39, 0.29) is 33.8 Å². The number of rotatable bonds is 4. The molecule has 0 aliphatic carbocycles. The molecule has 0 fully saturated rings. The van der Waals surface area contributed by atoms with Crippen LogP contribution in [0.25, 0.3) is 11.6 Å². The number of hydrazone groups is 1. The Morgan fingerprint density at radius 3 is 2.78 bits per heavy atom. The fraction of sp³-hybridized carbons (Fsp3) is 0.312. The molecule has 2 N–H and O–H groups in total. The number of aromatic nitrogens is 3. The molecule has 0 unspecified atom stereocenters. The van der Waals surface area contributed by atoms with Crippen molar-refractivity contribution in [2.45, 2.75) is 32.7 Å². The summed E-state index contributed by atoms with van der Waals surface area (Å²) < 4.78 is 0. The van der Waals surface area contributed by atoms with Crippen LogP contribution in [0.2, 0.25) is 0 Å². The van der Waals surface area contributed by atoms with Crippen LogP contribution in [-0.4, -0.2) is 31.1 Å². The van der Waals surface area contributed by atoms with Gasteiger partial charge in [0.1, 0.15) is 6.07 Å². The summed E-state index contributed by atoms with van der Waals surface area (Å²) in [5.41, 5.74) is 7.05. The van der Waals surface area contributed by atoms with Crippen molar-refractivity contribution in [3.8, 4) is 6.07 Å². The largest absolute Gasteiger partial charge is 0.368 e. The number of nitrogens with two attached hydrogens (primary N) is 1. The number of hydrogen-bond donors (Lipinski definition) is 1. The molecule has 0 spiro atoms. The lowest BCUT2D eigenvalue weighted by Crippen LogP contribution is -2.37. The molecule has 3 heterocycles. The lowest BCUT2D eigenvalue weighted by atomic mass is 9.99. The van der Waals surface area contributed by atoms with Gasteiger partial charge in [-0.2, -0.15) is 25.3 Å². The average Bonchev–Trinajstić information content (AvgIpc) is 3.15. The highest BCUT2D eigenvalue weighted by Gasteiger charge is 2.35. The molecule has 1 aliphatic heterocycles. The Morgan fingerprint density at radius 2 is 2.22 bits per heavy atom. The number of thiophene rings is 1. The maximum atomic E-state index is 10.8. The molecule has 0 aromatic carbocycles. The highest BCUT2D eigenvalue weighted by molar-refractivity contribution is 7.13. The summed E-state index contributed by atoms with van der Waals surface area (Å²) in [7, 11) is 0. The number of nitro groups is 1. The van der Waals surface area contributed by atoms with Gasteiger partial charge in [-0.15, -0.1) is 0 Å². The fourth-order valence-electron chi connectivity index (χ4n) is 2.78. The van der Waals surface area contributed by atoms with Crippen LogP contribution in [0.15, 0.2) is 16.5 Å². The summed E-state index contributed by atoms with van der Waals surface area (Å²) in [4.78, 5) is 22.9. The van der Waals surface area contributed by atoms with Crippen LogP contribution < -0.4 is 10.7 Å². The third-order valence-corrected chi connectivity index (χ3v) is 4.72. The zero-order valence-electron chi connectivity index (χ0n) is 14.9. The van der Waals surface area contributed by atoms with E-state index in [1.165, 1.54) is 12.1 Å². The molecule has 11 heteroatoms. The summed E-state index contributed by atoms with van der Waals surface area (Å²) in [6.45, 7) is 5.91. The minimum absolute atomic E-state index is 0.0157. The second-order valence-electron chi connectivity index (χ2n) is 6.60. The Bertz CT molecular complexity index is 1020. The van der Waals surface area contributed by atoms with Gasteiger partial charge in [-0.05, 0) is 32.4 Å². The van der Waals surface area contributed by atoms with Crippen molar-refractivity contribution in [3.05, 3.63) is 32.9 Å². The SMILES string of the molecule is CC1=NN(c2nc(N)nc(/C(C#N)=C\c3csc([N+](=O)[O-])c3)n2)C(C)(C)C1. The molecule has 2 aromatic heterocycles. The van der Waals surface area contributed by atoms with Crippen LogP contribution in [0, 0.1) is 21.4 Å². The van der Waals surface area contributed by atoms with E-state index in [9.17, 15) is 15.4 Å². The van der Waals surface area contributed by atoms with Gasteiger partial charge in [-0.1, -0.05) is 11.3 Å². The summed E-state index contributed by atoms with van der Waals surface area (Å²) in [6.07, 6.45) is 2.22. The fourth-order valence-corrected chi connectivity index (χ4v) is 3.46. The minimum Gasteiger partial charge on any atom is -0.368 e. The van der Waals surface area contributed by atoms with Crippen molar-refractivity contribution in [1.29, 1.82) is 5.26 Å². The number of nitrogen functional groups attached to an aromatic ring is 1. The third-order valence-electron chi connectivity index (χ3n) is 3.82. The maximum absolute atomic E-state index is 10.8. The molecule has 0 radical (unpaired) electrons. The van der Waals surface area contributed by atoms with E-state index in [1.807, 2.05) is 26.8 Å². The second kappa shape index (κ2) is 6.73. The predicted octanol–water partition coefficient (Wildman–Crippen LogP) is 2.85. The summed E-state index contributed by atoms with van der Waals surface area (Å²) in [5.74, 6) is 0.296. The van der Waals surface area contributed by atoms with Gasteiger partial charge in [0.25, 0.3) is 5.95 Å². The number of nitrogens with zero attached hydrogens (tertiary/aromatic N) is 7. The van der Waals surface area contributed by atoms with Crippen LogP contribution in [0.3, 0.4) is 0 Å². The van der Waals surface area contributed by atoms with E-state index < -0.39 is 4.92 Å². The van der Waals surface area contributed by atoms with Gasteiger partial charge in [0.15, 0.2) is 5.82 Å². The number of allylic oxidation sites excluding steroid dienone is 1. The quantitative estimate of drug-likeness (QED) is 0.480. The average molecular weight is 384 g/mol. The first-order chi connectivity index (χ1) is 12.7. The molecule has 0 amide bonds. The first kappa shape index (κ1) is 18.4. The van der Waals surface area contributed by atoms with E-state index in [0.29, 0.717) is 5.56 Å². The van der Waals surface area contributed by atoms with E-state index in [1.54, 1.807) is 10.4 Å². The van der Waals surface area contributed by atoms with Crippen molar-refractivity contribution < 1.29 is 4.92 Å². The van der Waals surface area contributed by atoms with Gasteiger partial charge >= 0.3 is 5.00 Å². The number of hydrogen-bond acceptors (Lipinski definition) is 10. The Kier molecular flexibility index (Phi) is 4.59. The van der Waals surface area contributed by atoms with Crippen LogP contribution in [0.5, 0.6) is 0 Å². The third kappa shape index (κ3) is 3.75. The molecule has 138 valence electrons. The maximum Gasteiger partial charge on any atom is 0.324 e. The van der Waals surface area contributed by atoms with Crippen molar-refractivity contribution in [2.75, 3.05) is 10.7 Å².